The third kappa shape index (κ3) is 0.289. The second-order valence-corrected chi connectivity index (χ2v) is 0.811. The van der Waals surface area contributed by atoms with Crippen molar-refractivity contribution >= 4 is 6.21 Å². The summed E-state index contributed by atoms with van der Waals surface area (Å²) in [6.45, 7) is 0. The van der Waals surface area contributed by atoms with Crippen LogP contribution < -0.4 is 0 Å². The van der Waals surface area contributed by atoms with Gasteiger partial charge in [0.2, 0.25) is 6.17 Å². The standard InChI is InChI=1S/C2H3N3/c3-1-2-4-5-2/h1-3H. The van der Waals surface area contributed by atoms with Crippen molar-refractivity contribution in [3.8, 4) is 0 Å². The molecular formula is C2H3N3. The Kier molecular flexibility index (Phi) is 0.304. The molecule has 1 N–H and O–H groups in total. The Labute approximate surface area is 29.2 Å². The van der Waals surface area contributed by atoms with Gasteiger partial charge in [0.15, 0.2) is 0 Å². The highest BCUT2D eigenvalue weighted by molar-refractivity contribution is 5.62. The first-order valence-electron chi connectivity index (χ1n) is 1.34. The van der Waals surface area contributed by atoms with Crippen LogP contribution in [0.25, 0.3) is 0 Å². The summed E-state index contributed by atoms with van der Waals surface area (Å²) in [5.41, 5.74) is 0. The van der Waals surface area contributed by atoms with Gasteiger partial charge >= 0.3 is 0 Å². The fourth-order valence-corrected chi connectivity index (χ4v) is 0.105. The minimum atomic E-state index is -0.0741. The number of hydrogen-bond donors (Lipinski definition) is 1. The summed E-state index contributed by atoms with van der Waals surface area (Å²) in [6.07, 6.45) is 1.12. The van der Waals surface area contributed by atoms with Crippen LogP contribution >= 0.6 is 0 Å². The van der Waals surface area contributed by atoms with Crippen molar-refractivity contribution < 1.29 is 0 Å². The van der Waals surface area contributed by atoms with Crippen LogP contribution in [0, 0.1) is 5.41 Å². The summed E-state index contributed by atoms with van der Waals surface area (Å²) in [5, 5.41) is 13.2. The largest absolute Gasteiger partial charge is 0.309 e. The van der Waals surface area contributed by atoms with Crippen molar-refractivity contribution in [3.05, 3.63) is 0 Å². The molecule has 0 saturated heterocycles. The molecule has 0 amide bonds. The maximum Gasteiger partial charge on any atom is 0.215 e. The molecular weight excluding hydrogens is 66.0 g/mol. The van der Waals surface area contributed by atoms with E-state index < -0.39 is 0 Å². The summed E-state index contributed by atoms with van der Waals surface area (Å²) in [6, 6.07) is 0. The van der Waals surface area contributed by atoms with Gasteiger partial charge in [-0.3, -0.25) is 0 Å². The number of hydrogen-bond acceptors (Lipinski definition) is 3. The smallest absolute Gasteiger partial charge is 0.215 e. The maximum atomic E-state index is 6.41. The van der Waals surface area contributed by atoms with Gasteiger partial charge < -0.3 is 5.41 Å². The molecule has 1 aliphatic heterocycles. The first kappa shape index (κ1) is 2.50. The molecule has 0 radical (unpaired) electrons. The van der Waals surface area contributed by atoms with Gasteiger partial charge in [0, 0.05) is 6.21 Å². The van der Waals surface area contributed by atoms with Crippen LogP contribution in [0.15, 0.2) is 10.2 Å². The molecule has 26 valence electrons. The van der Waals surface area contributed by atoms with E-state index >= 15 is 0 Å². The molecule has 0 aromatic rings. The third-order valence-electron chi connectivity index (χ3n) is 0.398. The van der Waals surface area contributed by atoms with E-state index in [1.807, 2.05) is 0 Å². The first-order valence-corrected chi connectivity index (χ1v) is 1.34. The average Bonchev–Trinajstić information content (AvgIpc) is 2.12. The Hall–Kier alpha value is -0.730. The Bertz CT molecular complexity index is 69.0. The lowest BCUT2D eigenvalue weighted by Crippen LogP contribution is -1.77. The summed E-state index contributed by atoms with van der Waals surface area (Å²) in [7, 11) is 0. The lowest BCUT2D eigenvalue weighted by Gasteiger charge is -1.56. The number of nitrogens with zero attached hydrogens (tertiary/aromatic N) is 2. The summed E-state index contributed by atoms with van der Waals surface area (Å²) >= 11 is 0. The highest BCUT2D eigenvalue weighted by Gasteiger charge is 2.08. The molecule has 0 fully saturated rings. The van der Waals surface area contributed by atoms with E-state index in [2.05, 4.69) is 10.2 Å². The van der Waals surface area contributed by atoms with E-state index in [0.29, 0.717) is 0 Å². The Morgan fingerprint density at radius 2 is 2.20 bits per heavy atom. The highest BCUT2D eigenvalue weighted by atomic mass is 15.4. The average molecular weight is 69.1 g/mol. The van der Waals surface area contributed by atoms with Gasteiger partial charge in [0.05, 0.1) is 0 Å². The zero-order chi connectivity index (χ0) is 3.70. The monoisotopic (exact) mass is 69.0 g/mol. The fraction of sp³-hybridized carbons (Fsp3) is 0.500. The number of nitrogens with one attached hydrogen (secondary N) is 1. The molecule has 0 unspecified atom stereocenters. The normalized spacial score (nSPS) is 19.2. The van der Waals surface area contributed by atoms with E-state index in [1.165, 1.54) is 6.21 Å². The zero-order valence-corrected chi connectivity index (χ0v) is 2.55. The van der Waals surface area contributed by atoms with Crippen LogP contribution in [0.2, 0.25) is 0 Å². The molecule has 1 rings (SSSR count). The van der Waals surface area contributed by atoms with Gasteiger partial charge in [0.1, 0.15) is 0 Å². The van der Waals surface area contributed by atoms with Crippen LogP contribution in [0.1, 0.15) is 0 Å². The second-order valence-electron chi connectivity index (χ2n) is 0.811. The van der Waals surface area contributed by atoms with Crippen molar-refractivity contribution in [3.63, 3.8) is 0 Å². The molecule has 0 atom stereocenters. The summed E-state index contributed by atoms with van der Waals surface area (Å²) < 4.78 is 0. The molecule has 0 spiro atoms. The minimum Gasteiger partial charge on any atom is -0.309 e. The van der Waals surface area contributed by atoms with Crippen LogP contribution in [-0.2, 0) is 0 Å². The van der Waals surface area contributed by atoms with E-state index in [1.54, 1.807) is 0 Å². The zero-order valence-electron chi connectivity index (χ0n) is 2.55. The minimum absolute atomic E-state index is 0.0741. The predicted octanol–water partition coefficient (Wildman–Crippen LogP) is 0.428. The second kappa shape index (κ2) is 0.607. The van der Waals surface area contributed by atoms with Crippen molar-refractivity contribution in [2.45, 2.75) is 6.17 Å². The lowest BCUT2D eigenvalue weighted by atomic mass is 10.7. The quantitative estimate of drug-likeness (QED) is 0.434. The van der Waals surface area contributed by atoms with Gasteiger partial charge in [-0.05, 0) is 0 Å². The summed E-state index contributed by atoms with van der Waals surface area (Å²) in [4.78, 5) is 0. The van der Waals surface area contributed by atoms with Gasteiger partial charge in [-0.1, -0.05) is 0 Å². The molecule has 3 nitrogen and oxygen atoms in total. The Morgan fingerprint density at radius 3 is 2.20 bits per heavy atom. The van der Waals surface area contributed by atoms with Gasteiger partial charge in [-0.25, -0.2) is 0 Å². The van der Waals surface area contributed by atoms with Crippen LogP contribution in [0.4, 0.5) is 0 Å². The molecule has 1 heterocycles. The van der Waals surface area contributed by atoms with Crippen molar-refractivity contribution in [1.82, 2.24) is 0 Å². The first-order chi connectivity index (χ1) is 2.43. The molecule has 0 aliphatic carbocycles. The van der Waals surface area contributed by atoms with E-state index in [9.17, 15) is 0 Å². The van der Waals surface area contributed by atoms with E-state index in [-0.39, 0.29) is 6.17 Å². The van der Waals surface area contributed by atoms with Crippen molar-refractivity contribution in [2.24, 2.45) is 10.2 Å². The van der Waals surface area contributed by atoms with Gasteiger partial charge in [0.25, 0.3) is 0 Å². The Balaban J connectivity index is 2.28. The van der Waals surface area contributed by atoms with Crippen molar-refractivity contribution in [1.29, 1.82) is 5.41 Å². The molecule has 1 aliphatic rings. The van der Waals surface area contributed by atoms with Crippen LogP contribution in [0.3, 0.4) is 0 Å². The maximum absolute atomic E-state index is 6.41. The van der Waals surface area contributed by atoms with Gasteiger partial charge in [-0.15, -0.1) is 0 Å². The topological polar surface area (TPSA) is 48.6 Å². The van der Waals surface area contributed by atoms with Crippen LogP contribution in [-0.4, -0.2) is 12.4 Å². The Morgan fingerprint density at radius 1 is 1.60 bits per heavy atom. The molecule has 5 heavy (non-hydrogen) atoms. The SMILES string of the molecule is N=CC1N=N1. The molecule has 0 saturated carbocycles. The highest BCUT2D eigenvalue weighted by Crippen LogP contribution is 2.03. The predicted molar refractivity (Wildman–Crippen MR) is 17.4 cm³/mol. The molecule has 0 bridgehead atoms. The van der Waals surface area contributed by atoms with Gasteiger partial charge in [-0.2, -0.15) is 10.2 Å². The van der Waals surface area contributed by atoms with Crippen molar-refractivity contribution in [2.75, 3.05) is 0 Å². The lowest BCUT2D eigenvalue weighted by molar-refractivity contribution is 1.28. The third-order valence-corrected chi connectivity index (χ3v) is 0.398. The van der Waals surface area contributed by atoms with Crippen LogP contribution in [0.5, 0.6) is 0 Å². The van der Waals surface area contributed by atoms with E-state index in [4.69, 9.17) is 5.41 Å². The van der Waals surface area contributed by atoms with E-state index in [0.717, 1.165) is 0 Å². The molecule has 3 heteroatoms. The fourth-order valence-electron chi connectivity index (χ4n) is 0.105. The molecule has 0 aromatic heterocycles. The summed E-state index contributed by atoms with van der Waals surface area (Å²) in [5.74, 6) is 0. The molecule has 0 aromatic carbocycles. The number of rotatable bonds is 1.